The summed E-state index contributed by atoms with van der Waals surface area (Å²) < 4.78 is 0. The molecular weight excluding hydrogens is 356 g/mol. The van der Waals surface area contributed by atoms with Crippen molar-refractivity contribution in [1.29, 1.82) is 0 Å². The Morgan fingerprint density at radius 2 is 1.89 bits per heavy atom. The van der Waals surface area contributed by atoms with Gasteiger partial charge in [0.15, 0.2) is 5.13 Å². The predicted molar refractivity (Wildman–Crippen MR) is 111 cm³/mol. The molecule has 0 bridgehead atoms. The van der Waals surface area contributed by atoms with Gasteiger partial charge in [0.2, 0.25) is 0 Å². The fraction of sp³-hybridized carbons (Fsp3) is 0.333. The van der Waals surface area contributed by atoms with Gasteiger partial charge in [-0.15, -0.1) is 0 Å². The van der Waals surface area contributed by atoms with E-state index in [0.717, 1.165) is 53.0 Å². The number of thiazole rings is 1. The number of hydrogen-bond donors (Lipinski definition) is 2. The second-order valence-electron chi connectivity index (χ2n) is 7.17. The van der Waals surface area contributed by atoms with Crippen molar-refractivity contribution in [3.8, 4) is 10.4 Å². The Balaban J connectivity index is 1.54. The van der Waals surface area contributed by atoms with Crippen LogP contribution in [-0.2, 0) is 5.41 Å². The Morgan fingerprint density at radius 3 is 2.63 bits per heavy atom. The molecule has 0 atom stereocenters. The van der Waals surface area contributed by atoms with Crippen molar-refractivity contribution in [3.63, 3.8) is 0 Å². The van der Waals surface area contributed by atoms with Gasteiger partial charge in [-0.2, -0.15) is 0 Å². The fourth-order valence-electron chi connectivity index (χ4n) is 3.52. The monoisotopic (exact) mass is 380 g/mol. The largest absolute Gasteiger partial charge is 0.395 e. The molecule has 0 radical (unpaired) electrons. The molecule has 1 saturated heterocycles. The number of anilines is 2. The van der Waals surface area contributed by atoms with E-state index in [9.17, 15) is 5.11 Å². The number of likely N-dealkylation sites (tertiary alicyclic amines) is 1. The molecule has 5 nitrogen and oxygen atoms in total. The van der Waals surface area contributed by atoms with Crippen LogP contribution < -0.4 is 5.32 Å². The lowest BCUT2D eigenvalue weighted by atomic mass is 9.76. The highest BCUT2D eigenvalue weighted by molar-refractivity contribution is 7.18. The Labute approximate surface area is 163 Å². The Morgan fingerprint density at radius 1 is 1.11 bits per heavy atom. The number of nitrogens with zero attached hydrogens (tertiary/aromatic N) is 3. The van der Waals surface area contributed by atoms with Crippen LogP contribution in [0.3, 0.4) is 0 Å². The number of pyridine rings is 1. The summed E-state index contributed by atoms with van der Waals surface area (Å²) in [4.78, 5) is 12.7. The predicted octanol–water partition coefficient (Wildman–Crippen LogP) is 3.90. The van der Waals surface area contributed by atoms with Crippen LogP contribution in [0.4, 0.5) is 10.9 Å². The van der Waals surface area contributed by atoms with E-state index in [2.05, 4.69) is 34.4 Å². The highest BCUT2D eigenvalue weighted by Crippen LogP contribution is 2.35. The highest BCUT2D eigenvalue weighted by atomic mass is 32.1. The highest BCUT2D eigenvalue weighted by Gasteiger charge is 2.36. The zero-order chi connectivity index (χ0) is 18.7. The summed E-state index contributed by atoms with van der Waals surface area (Å²) in [5.41, 5.74) is 1.88. The van der Waals surface area contributed by atoms with Gasteiger partial charge >= 0.3 is 0 Å². The van der Waals surface area contributed by atoms with E-state index in [-0.39, 0.29) is 12.0 Å². The van der Waals surface area contributed by atoms with Crippen molar-refractivity contribution in [2.24, 2.45) is 0 Å². The summed E-state index contributed by atoms with van der Waals surface area (Å²) in [6, 6.07) is 16.2. The van der Waals surface area contributed by atoms with Crippen LogP contribution in [0.15, 0.2) is 54.7 Å². The summed E-state index contributed by atoms with van der Waals surface area (Å²) in [6.45, 7) is 2.09. The maximum atomic E-state index is 10.1. The minimum Gasteiger partial charge on any atom is -0.395 e. The van der Waals surface area contributed by atoms with E-state index >= 15 is 0 Å². The zero-order valence-electron chi connectivity index (χ0n) is 15.4. The summed E-state index contributed by atoms with van der Waals surface area (Å²) in [7, 11) is 2.12. The van der Waals surface area contributed by atoms with Crippen LogP contribution in [0.5, 0.6) is 0 Å². The van der Waals surface area contributed by atoms with Crippen LogP contribution in [0.25, 0.3) is 10.4 Å². The first-order valence-electron chi connectivity index (χ1n) is 9.24. The number of nitrogens with one attached hydrogen (secondary N) is 1. The Bertz CT molecular complexity index is 888. The van der Waals surface area contributed by atoms with Gasteiger partial charge in [0.05, 0.1) is 17.2 Å². The molecule has 0 amide bonds. The molecular formula is C21H24N4OS. The second-order valence-corrected chi connectivity index (χ2v) is 8.20. The van der Waals surface area contributed by atoms with E-state index in [4.69, 9.17) is 4.98 Å². The molecule has 140 valence electrons. The summed E-state index contributed by atoms with van der Waals surface area (Å²) in [5, 5.41) is 14.2. The van der Waals surface area contributed by atoms with Crippen LogP contribution >= 0.6 is 11.3 Å². The molecule has 0 unspecified atom stereocenters. The average Bonchev–Trinajstić information content (AvgIpc) is 3.18. The minimum atomic E-state index is -0.248. The summed E-state index contributed by atoms with van der Waals surface area (Å²) in [6.07, 6.45) is 3.73. The van der Waals surface area contributed by atoms with Crippen molar-refractivity contribution < 1.29 is 5.11 Å². The third-order valence-corrected chi connectivity index (χ3v) is 6.30. The molecule has 0 spiro atoms. The van der Waals surface area contributed by atoms with Gasteiger partial charge in [0, 0.05) is 11.6 Å². The molecule has 1 aliphatic heterocycles. The molecule has 1 fully saturated rings. The van der Waals surface area contributed by atoms with E-state index in [1.54, 1.807) is 11.3 Å². The van der Waals surface area contributed by atoms with Crippen LogP contribution in [0.1, 0.15) is 18.5 Å². The second kappa shape index (κ2) is 7.76. The lowest BCUT2D eigenvalue weighted by Crippen LogP contribution is -2.43. The molecule has 1 aliphatic rings. The maximum absolute atomic E-state index is 10.1. The van der Waals surface area contributed by atoms with Crippen LogP contribution in [0, 0.1) is 0 Å². The molecule has 3 aromatic rings. The molecule has 0 aliphatic carbocycles. The Hall–Kier alpha value is -2.28. The number of aliphatic hydroxyl groups is 1. The number of aliphatic hydroxyl groups excluding tert-OH is 1. The van der Waals surface area contributed by atoms with E-state index in [1.165, 1.54) is 0 Å². The summed E-state index contributed by atoms with van der Waals surface area (Å²) in [5.74, 6) is 0.771. The minimum absolute atomic E-state index is 0.132. The topological polar surface area (TPSA) is 61.3 Å². The molecule has 2 N–H and O–H groups in total. The molecule has 6 heteroatoms. The number of aromatic nitrogens is 2. The first kappa shape index (κ1) is 18.1. The maximum Gasteiger partial charge on any atom is 0.188 e. The Kier molecular flexibility index (Phi) is 5.20. The van der Waals surface area contributed by atoms with Crippen molar-refractivity contribution >= 4 is 22.3 Å². The van der Waals surface area contributed by atoms with Gasteiger partial charge < -0.3 is 15.3 Å². The first-order valence-corrected chi connectivity index (χ1v) is 10.1. The van der Waals surface area contributed by atoms with Gasteiger partial charge in [-0.05, 0) is 50.7 Å². The van der Waals surface area contributed by atoms with Gasteiger partial charge in [0.1, 0.15) is 5.82 Å². The van der Waals surface area contributed by atoms with E-state index < -0.39 is 0 Å². The third kappa shape index (κ3) is 3.88. The molecule has 27 heavy (non-hydrogen) atoms. The lowest BCUT2D eigenvalue weighted by Gasteiger charge is -2.39. The SMILES string of the molecule is CN1CCC(CO)(c2cccc(Nc3ncc(-c4ccccc4)s3)n2)CC1. The van der Waals surface area contributed by atoms with Gasteiger partial charge in [-0.25, -0.2) is 9.97 Å². The van der Waals surface area contributed by atoms with Crippen molar-refractivity contribution in [2.75, 3.05) is 32.1 Å². The lowest BCUT2D eigenvalue weighted by molar-refractivity contribution is 0.111. The third-order valence-electron chi connectivity index (χ3n) is 5.34. The van der Waals surface area contributed by atoms with Crippen molar-refractivity contribution in [1.82, 2.24) is 14.9 Å². The smallest absolute Gasteiger partial charge is 0.188 e. The molecule has 3 heterocycles. The van der Waals surface area contributed by atoms with Gasteiger partial charge in [-0.3, -0.25) is 0 Å². The normalized spacial score (nSPS) is 17.0. The molecule has 1 aromatic carbocycles. The molecule has 0 saturated carbocycles. The van der Waals surface area contributed by atoms with Gasteiger partial charge in [0.25, 0.3) is 0 Å². The molecule has 2 aromatic heterocycles. The van der Waals surface area contributed by atoms with Crippen LogP contribution in [0.2, 0.25) is 0 Å². The van der Waals surface area contributed by atoms with Crippen LogP contribution in [-0.4, -0.2) is 46.7 Å². The summed E-state index contributed by atoms with van der Waals surface area (Å²) >= 11 is 1.61. The van der Waals surface area contributed by atoms with Gasteiger partial charge in [-0.1, -0.05) is 47.7 Å². The fourth-order valence-corrected chi connectivity index (χ4v) is 4.35. The van der Waals surface area contributed by atoms with Crippen molar-refractivity contribution in [2.45, 2.75) is 18.3 Å². The molecule has 4 rings (SSSR count). The quantitative estimate of drug-likeness (QED) is 0.703. The van der Waals surface area contributed by atoms with Crippen molar-refractivity contribution in [3.05, 3.63) is 60.4 Å². The standard InChI is InChI=1S/C21H24N4OS/c1-25-12-10-21(15-26,11-13-25)18-8-5-9-19(23-18)24-20-22-14-17(27-20)16-6-3-2-4-7-16/h2-9,14,26H,10-13,15H2,1H3,(H,22,23,24). The number of rotatable bonds is 5. The average molecular weight is 381 g/mol. The number of benzene rings is 1. The number of hydrogen-bond acceptors (Lipinski definition) is 6. The number of piperidine rings is 1. The van der Waals surface area contributed by atoms with E-state index in [1.807, 2.05) is 42.6 Å². The first-order chi connectivity index (χ1) is 13.2. The van der Waals surface area contributed by atoms with E-state index in [0.29, 0.717) is 0 Å². The zero-order valence-corrected chi connectivity index (χ0v) is 16.2.